The Kier molecular flexibility index (Phi) is 2.99. The summed E-state index contributed by atoms with van der Waals surface area (Å²) in [7, 11) is 0. The van der Waals surface area contributed by atoms with Crippen molar-refractivity contribution in [2.75, 3.05) is 38.0 Å². The Labute approximate surface area is 101 Å². The van der Waals surface area contributed by atoms with Gasteiger partial charge in [-0.3, -0.25) is 4.90 Å². The summed E-state index contributed by atoms with van der Waals surface area (Å²) in [6.07, 6.45) is 0.941. The van der Waals surface area contributed by atoms with Gasteiger partial charge in [-0.1, -0.05) is 0 Å². The number of nitrogens with zero attached hydrogens (tertiary/aromatic N) is 1. The zero-order chi connectivity index (χ0) is 11.7. The monoisotopic (exact) mass is 235 g/mol. The average molecular weight is 235 g/mol. The van der Waals surface area contributed by atoms with Gasteiger partial charge < -0.3 is 10.6 Å². The SMILES string of the molecule is Fc1ccc2c(c1)CC(CN1CCNCC1)N2. The van der Waals surface area contributed by atoms with Gasteiger partial charge in [-0.05, 0) is 30.2 Å². The van der Waals surface area contributed by atoms with Crippen molar-refractivity contribution >= 4 is 5.69 Å². The molecule has 1 unspecified atom stereocenters. The third-order valence-corrected chi connectivity index (χ3v) is 3.58. The lowest BCUT2D eigenvalue weighted by Crippen LogP contribution is -2.47. The summed E-state index contributed by atoms with van der Waals surface area (Å²) in [5, 5.41) is 6.83. The van der Waals surface area contributed by atoms with Gasteiger partial charge >= 0.3 is 0 Å². The van der Waals surface area contributed by atoms with E-state index < -0.39 is 0 Å². The zero-order valence-electron chi connectivity index (χ0n) is 9.88. The molecule has 0 spiro atoms. The van der Waals surface area contributed by atoms with Crippen LogP contribution >= 0.6 is 0 Å². The van der Waals surface area contributed by atoms with Crippen molar-refractivity contribution in [1.82, 2.24) is 10.2 Å². The van der Waals surface area contributed by atoms with Crippen LogP contribution in [0.4, 0.5) is 10.1 Å². The van der Waals surface area contributed by atoms with Crippen molar-refractivity contribution in [1.29, 1.82) is 0 Å². The fraction of sp³-hybridized carbons (Fsp3) is 0.538. The minimum atomic E-state index is -0.131. The van der Waals surface area contributed by atoms with Crippen molar-refractivity contribution in [3.8, 4) is 0 Å². The van der Waals surface area contributed by atoms with Crippen LogP contribution in [0.25, 0.3) is 0 Å². The molecule has 2 aliphatic rings. The molecule has 0 aromatic heterocycles. The molecule has 0 amide bonds. The van der Waals surface area contributed by atoms with Crippen LogP contribution in [0.3, 0.4) is 0 Å². The number of hydrogen-bond acceptors (Lipinski definition) is 3. The molecule has 1 saturated heterocycles. The van der Waals surface area contributed by atoms with Gasteiger partial charge in [0.2, 0.25) is 0 Å². The van der Waals surface area contributed by atoms with E-state index in [2.05, 4.69) is 15.5 Å². The minimum Gasteiger partial charge on any atom is -0.380 e. The number of hydrogen-bond donors (Lipinski definition) is 2. The fourth-order valence-corrected chi connectivity index (χ4v) is 2.72. The van der Waals surface area contributed by atoms with Gasteiger partial charge in [-0.2, -0.15) is 0 Å². The van der Waals surface area contributed by atoms with Crippen LogP contribution in [0.15, 0.2) is 18.2 Å². The molecule has 3 nitrogen and oxygen atoms in total. The van der Waals surface area contributed by atoms with E-state index in [-0.39, 0.29) is 5.82 Å². The van der Waals surface area contributed by atoms with Gasteiger partial charge in [0, 0.05) is 44.5 Å². The molecule has 0 radical (unpaired) electrons. The second-order valence-corrected chi connectivity index (χ2v) is 4.90. The third-order valence-electron chi connectivity index (χ3n) is 3.58. The van der Waals surface area contributed by atoms with E-state index >= 15 is 0 Å². The van der Waals surface area contributed by atoms with E-state index in [1.165, 1.54) is 6.07 Å². The minimum absolute atomic E-state index is 0.131. The van der Waals surface area contributed by atoms with Crippen LogP contribution in [0, 0.1) is 5.82 Å². The molecule has 1 aromatic carbocycles. The Bertz CT molecular complexity index is 402. The maximum absolute atomic E-state index is 13.1. The Morgan fingerprint density at radius 1 is 1.29 bits per heavy atom. The lowest BCUT2D eigenvalue weighted by Gasteiger charge is -2.29. The summed E-state index contributed by atoms with van der Waals surface area (Å²) in [6, 6.07) is 5.46. The first kappa shape index (κ1) is 11.0. The summed E-state index contributed by atoms with van der Waals surface area (Å²) < 4.78 is 13.1. The van der Waals surface area contributed by atoms with E-state index in [1.54, 1.807) is 6.07 Å². The molecule has 0 bridgehead atoms. The molecule has 2 heterocycles. The Morgan fingerprint density at radius 2 is 2.12 bits per heavy atom. The number of piperazine rings is 1. The van der Waals surface area contributed by atoms with Crippen LogP contribution in [0.2, 0.25) is 0 Å². The van der Waals surface area contributed by atoms with Gasteiger partial charge in [0.1, 0.15) is 5.82 Å². The first-order chi connectivity index (χ1) is 8.31. The molecular weight excluding hydrogens is 217 g/mol. The van der Waals surface area contributed by atoms with Gasteiger partial charge in [0.15, 0.2) is 0 Å². The molecule has 1 fully saturated rings. The van der Waals surface area contributed by atoms with Gasteiger partial charge in [0.25, 0.3) is 0 Å². The molecule has 92 valence electrons. The van der Waals surface area contributed by atoms with Crippen molar-refractivity contribution in [3.63, 3.8) is 0 Å². The van der Waals surface area contributed by atoms with E-state index in [9.17, 15) is 4.39 Å². The second kappa shape index (κ2) is 4.63. The number of benzene rings is 1. The third kappa shape index (κ3) is 2.42. The van der Waals surface area contributed by atoms with Crippen LogP contribution in [0.5, 0.6) is 0 Å². The summed E-state index contributed by atoms with van der Waals surface area (Å²) in [4.78, 5) is 2.47. The molecule has 1 atom stereocenters. The number of fused-ring (bicyclic) bond motifs is 1. The topological polar surface area (TPSA) is 27.3 Å². The maximum atomic E-state index is 13.1. The van der Waals surface area contributed by atoms with Crippen LogP contribution in [-0.2, 0) is 6.42 Å². The lowest BCUT2D eigenvalue weighted by molar-refractivity contribution is 0.233. The fourth-order valence-electron chi connectivity index (χ4n) is 2.72. The summed E-state index contributed by atoms with van der Waals surface area (Å²) in [5.74, 6) is -0.131. The largest absolute Gasteiger partial charge is 0.380 e. The van der Waals surface area contributed by atoms with E-state index in [1.807, 2.05) is 6.07 Å². The molecule has 2 aliphatic heterocycles. The number of anilines is 1. The highest BCUT2D eigenvalue weighted by atomic mass is 19.1. The summed E-state index contributed by atoms with van der Waals surface area (Å²) >= 11 is 0. The number of nitrogens with one attached hydrogen (secondary N) is 2. The lowest BCUT2D eigenvalue weighted by atomic mass is 10.1. The quantitative estimate of drug-likeness (QED) is 0.803. The standard InChI is InChI=1S/C13H18FN3/c14-11-1-2-13-10(7-11)8-12(16-13)9-17-5-3-15-4-6-17/h1-2,7,12,15-16H,3-6,8-9H2. The number of rotatable bonds is 2. The molecule has 4 heteroatoms. The summed E-state index contributed by atoms with van der Waals surface area (Å²) in [5.41, 5.74) is 2.22. The Hall–Kier alpha value is -1.13. The van der Waals surface area contributed by atoms with E-state index in [0.29, 0.717) is 6.04 Å². The maximum Gasteiger partial charge on any atom is 0.123 e. The second-order valence-electron chi connectivity index (χ2n) is 4.90. The van der Waals surface area contributed by atoms with E-state index in [0.717, 1.165) is 50.4 Å². The van der Waals surface area contributed by atoms with Crippen molar-refractivity contribution < 1.29 is 4.39 Å². The smallest absolute Gasteiger partial charge is 0.123 e. The molecular formula is C13H18FN3. The predicted octanol–water partition coefficient (Wildman–Crippen LogP) is 1.07. The highest BCUT2D eigenvalue weighted by Crippen LogP contribution is 2.26. The van der Waals surface area contributed by atoms with Crippen molar-refractivity contribution in [2.45, 2.75) is 12.5 Å². The van der Waals surface area contributed by atoms with Gasteiger partial charge in [-0.25, -0.2) is 4.39 Å². The molecule has 17 heavy (non-hydrogen) atoms. The van der Waals surface area contributed by atoms with Gasteiger partial charge in [0.05, 0.1) is 0 Å². The molecule has 0 aliphatic carbocycles. The van der Waals surface area contributed by atoms with Crippen molar-refractivity contribution in [2.24, 2.45) is 0 Å². The Morgan fingerprint density at radius 3 is 2.94 bits per heavy atom. The highest BCUT2D eigenvalue weighted by Gasteiger charge is 2.23. The van der Waals surface area contributed by atoms with Crippen LogP contribution < -0.4 is 10.6 Å². The molecule has 3 rings (SSSR count). The summed E-state index contributed by atoms with van der Waals surface area (Å²) in [6.45, 7) is 5.44. The highest BCUT2D eigenvalue weighted by molar-refractivity contribution is 5.56. The zero-order valence-corrected chi connectivity index (χ0v) is 9.88. The van der Waals surface area contributed by atoms with Crippen LogP contribution in [0.1, 0.15) is 5.56 Å². The average Bonchev–Trinajstić information content (AvgIpc) is 2.71. The molecule has 2 N–H and O–H groups in total. The number of halogens is 1. The van der Waals surface area contributed by atoms with Gasteiger partial charge in [-0.15, -0.1) is 0 Å². The molecule has 0 saturated carbocycles. The van der Waals surface area contributed by atoms with Crippen molar-refractivity contribution in [3.05, 3.63) is 29.6 Å². The predicted molar refractivity (Wildman–Crippen MR) is 66.8 cm³/mol. The first-order valence-electron chi connectivity index (χ1n) is 6.29. The van der Waals surface area contributed by atoms with Crippen LogP contribution in [-0.4, -0.2) is 43.7 Å². The molecule has 1 aromatic rings. The first-order valence-corrected chi connectivity index (χ1v) is 6.29. The normalized spacial score (nSPS) is 24.4. The Balaban J connectivity index is 1.61. The van der Waals surface area contributed by atoms with E-state index in [4.69, 9.17) is 0 Å².